The Morgan fingerprint density at radius 1 is 1.12 bits per heavy atom. The molecule has 0 spiro atoms. The fourth-order valence-electron chi connectivity index (χ4n) is 3.02. The molecule has 0 N–H and O–H groups in total. The van der Waals surface area contributed by atoms with Crippen LogP contribution in [0.5, 0.6) is 11.5 Å². The highest BCUT2D eigenvalue weighted by Gasteiger charge is 2.25. The summed E-state index contributed by atoms with van der Waals surface area (Å²) in [5.74, 6) is 0.580. The van der Waals surface area contributed by atoms with Gasteiger partial charge in [0.2, 0.25) is 5.90 Å². The number of esters is 1. The standard InChI is InChI=1S/C24H15Br2ClINO4/c1-31-21-10-14(8-18(27)22(21)32-12-13-2-5-16(25)6-3-13)9-20-24(30)33-23(29-20)15-4-7-19(28)17(26)11-15/h2-11H,12H2,1H3/b20-9-. The molecule has 0 atom stereocenters. The molecule has 0 amide bonds. The van der Waals surface area contributed by atoms with Crippen LogP contribution < -0.4 is 9.47 Å². The summed E-state index contributed by atoms with van der Waals surface area (Å²) in [7, 11) is 1.53. The molecule has 0 radical (unpaired) electrons. The summed E-state index contributed by atoms with van der Waals surface area (Å²) in [6, 6.07) is 16.8. The molecule has 1 heterocycles. The average molecular weight is 704 g/mol. The lowest BCUT2D eigenvalue weighted by molar-refractivity contribution is -0.129. The Labute approximate surface area is 226 Å². The lowest BCUT2D eigenvalue weighted by Gasteiger charge is -2.13. The van der Waals surface area contributed by atoms with Gasteiger partial charge in [0.15, 0.2) is 17.2 Å². The Hall–Kier alpha value is -1.88. The largest absolute Gasteiger partial charge is 0.493 e. The zero-order valence-corrected chi connectivity index (χ0v) is 23.2. The van der Waals surface area contributed by atoms with Gasteiger partial charge in [-0.3, -0.25) is 0 Å². The van der Waals surface area contributed by atoms with Gasteiger partial charge < -0.3 is 14.2 Å². The summed E-state index contributed by atoms with van der Waals surface area (Å²) < 4.78 is 19.7. The number of hydrogen-bond acceptors (Lipinski definition) is 5. The van der Waals surface area contributed by atoms with Gasteiger partial charge in [0.05, 0.1) is 12.1 Å². The van der Waals surface area contributed by atoms with E-state index in [2.05, 4.69) is 59.4 Å². The van der Waals surface area contributed by atoms with Crippen LogP contribution in [-0.2, 0) is 16.1 Å². The van der Waals surface area contributed by atoms with Crippen molar-refractivity contribution in [1.29, 1.82) is 0 Å². The minimum absolute atomic E-state index is 0.168. The molecular formula is C24H15Br2ClINO4. The second kappa shape index (κ2) is 10.6. The molecule has 1 aliphatic rings. The number of aliphatic imine (C=N–C) groups is 1. The van der Waals surface area contributed by atoms with Crippen LogP contribution in [0.2, 0.25) is 5.02 Å². The second-order valence-corrected chi connectivity index (χ2v) is 10.3. The maximum absolute atomic E-state index is 12.4. The van der Waals surface area contributed by atoms with Gasteiger partial charge in [-0.25, -0.2) is 9.79 Å². The Morgan fingerprint density at radius 3 is 2.58 bits per heavy atom. The highest BCUT2D eigenvalue weighted by Crippen LogP contribution is 2.38. The number of ether oxygens (including phenoxy) is 3. The normalized spacial score (nSPS) is 14.3. The number of hydrogen-bond donors (Lipinski definition) is 0. The van der Waals surface area contributed by atoms with Crippen molar-refractivity contribution in [3.05, 3.63) is 94.5 Å². The molecule has 168 valence electrons. The van der Waals surface area contributed by atoms with Gasteiger partial charge in [0, 0.05) is 18.1 Å². The predicted octanol–water partition coefficient (Wildman–Crippen LogP) is 7.40. The number of nitrogens with zero attached hydrogens (tertiary/aromatic N) is 1. The summed E-state index contributed by atoms with van der Waals surface area (Å²) in [6.07, 6.45) is 1.60. The molecule has 0 fully saturated rings. The van der Waals surface area contributed by atoms with E-state index in [4.69, 9.17) is 25.8 Å². The third-order valence-corrected chi connectivity index (χ3v) is 7.79. The van der Waals surface area contributed by atoms with Crippen LogP contribution in [0.4, 0.5) is 0 Å². The van der Waals surface area contributed by atoms with Crippen molar-refractivity contribution in [2.45, 2.75) is 6.61 Å². The molecule has 0 aliphatic carbocycles. The van der Waals surface area contributed by atoms with Crippen molar-refractivity contribution >= 4 is 84.0 Å². The molecule has 9 heteroatoms. The lowest BCUT2D eigenvalue weighted by atomic mass is 10.1. The number of benzene rings is 3. The number of cyclic esters (lactones) is 1. The van der Waals surface area contributed by atoms with Gasteiger partial charge in [-0.15, -0.1) is 0 Å². The summed E-state index contributed by atoms with van der Waals surface area (Å²) >= 11 is 15.6. The highest BCUT2D eigenvalue weighted by molar-refractivity contribution is 14.1. The molecule has 0 saturated carbocycles. The molecule has 0 saturated heterocycles. The van der Waals surface area contributed by atoms with E-state index in [-0.39, 0.29) is 11.6 Å². The minimum atomic E-state index is -0.537. The van der Waals surface area contributed by atoms with Crippen molar-refractivity contribution in [3.63, 3.8) is 0 Å². The molecule has 3 aromatic rings. The quantitative estimate of drug-likeness (QED) is 0.153. The second-order valence-electron chi connectivity index (χ2n) is 6.91. The van der Waals surface area contributed by atoms with Crippen LogP contribution in [0.15, 0.2) is 74.2 Å². The van der Waals surface area contributed by atoms with Gasteiger partial charge in [0.25, 0.3) is 0 Å². The molecular weight excluding hydrogens is 688 g/mol. The van der Waals surface area contributed by atoms with E-state index in [1.807, 2.05) is 42.5 Å². The monoisotopic (exact) mass is 701 g/mol. The summed E-state index contributed by atoms with van der Waals surface area (Å²) in [4.78, 5) is 16.8. The highest BCUT2D eigenvalue weighted by atomic mass is 127. The average Bonchev–Trinajstić information content (AvgIpc) is 3.15. The van der Waals surface area contributed by atoms with Gasteiger partial charge in [-0.05, 0) is 98.2 Å². The van der Waals surface area contributed by atoms with E-state index in [1.165, 1.54) is 7.11 Å². The van der Waals surface area contributed by atoms with E-state index < -0.39 is 5.97 Å². The molecule has 0 bridgehead atoms. The first kappa shape index (κ1) is 24.3. The van der Waals surface area contributed by atoms with Crippen LogP contribution in [0.1, 0.15) is 16.7 Å². The van der Waals surface area contributed by atoms with E-state index in [0.29, 0.717) is 34.3 Å². The first-order valence-corrected chi connectivity index (χ1v) is 12.6. The number of carbonyl (C=O) groups is 1. The van der Waals surface area contributed by atoms with E-state index >= 15 is 0 Å². The zero-order valence-electron chi connectivity index (χ0n) is 17.1. The molecule has 0 aromatic heterocycles. The van der Waals surface area contributed by atoms with Gasteiger partial charge in [0.1, 0.15) is 6.61 Å². The number of methoxy groups -OCH3 is 1. The Morgan fingerprint density at radius 2 is 1.88 bits per heavy atom. The van der Waals surface area contributed by atoms with Crippen molar-refractivity contribution in [2.75, 3.05) is 7.11 Å². The Kier molecular flexibility index (Phi) is 7.78. The summed E-state index contributed by atoms with van der Waals surface area (Å²) in [5.41, 5.74) is 2.49. The SMILES string of the molecule is COc1cc(/C=C2\N=C(c3ccc(I)c(Br)c3)OC2=O)cc(Cl)c1OCc1ccc(Br)cc1. The van der Waals surface area contributed by atoms with Gasteiger partial charge in [-0.2, -0.15) is 0 Å². The Balaban J connectivity index is 1.59. The lowest BCUT2D eigenvalue weighted by Crippen LogP contribution is -2.05. The predicted molar refractivity (Wildman–Crippen MR) is 144 cm³/mol. The minimum Gasteiger partial charge on any atom is -0.493 e. The molecule has 1 aliphatic heterocycles. The van der Waals surface area contributed by atoms with Crippen LogP contribution in [0, 0.1) is 3.57 Å². The van der Waals surface area contributed by atoms with Crippen molar-refractivity contribution in [1.82, 2.24) is 0 Å². The van der Waals surface area contributed by atoms with Crippen molar-refractivity contribution in [3.8, 4) is 11.5 Å². The van der Waals surface area contributed by atoms with E-state index in [1.54, 1.807) is 18.2 Å². The van der Waals surface area contributed by atoms with E-state index in [0.717, 1.165) is 18.1 Å². The maximum atomic E-state index is 12.4. The third kappa shape index (κ3) is 5.79. The third-order valence-electron chi connectivity index (χ3n) is 4.64. The topological polar surface area (TPSA) is 57.1 Å². The Bertz CT molecular complexity index is 1290. The number of rotatable bonds is 6. The molecule has 5 nitrogen and oxygen atoms in total. The van der Waals surface area contributed by atoms with Crippen LogP contribution in [0.25, 0.3) is 6.08 Å². The summed E-state index contributed by atoms with van der Waals surface area (Å²) in [6.45, 7) is 0.329. The fourth-order valence-corrected chi connectivity index (χ4v) is 4.27. The van der Waals surface area contributed by atoms with Crippen LogP contribution in [0.3, 0.4) is 0 Å². The molecule has 33 heavy (non-hydrogen) atoms. The zero-order chi connectivity index (χ0) is 23.5. The molecule has 3 aromatic carbocycles. The maximum Gasteiger partial charge on any atom is 0.363 e. The fraction of sp³-hybridized carbons (Fsp3) is 0.0833. The molecule has 0 unspecified atom stereocenters. The summed E-state index contributed by atoms with van der Waals surface area (Å²) in [5, 5.41) is 0.357. The van der Waals surface area contributed by atoms with Crippen LogP contribution >= 0.6 is 66.1 Å². The van der Waals surface area contributed by atoms with Gasteiger partial charge in [-0.1, -0.05) is 39.7 Å². The number of halogens is 4. The number of carbonyl (C=O) groups excluding carboxylic acids is 1. The van der Waals surface area contributed by atoms with E-state index in [9.17, 15) is 4.79 Å². The van der Waals surface area contributed by atoms with Crippen molar-refractivity contribution < 1.29 is 19.0 Å². The molecule has 4 rings (SSSR count). The van der Waals surface area contributed by atoms with Gasteiger partial charge >= 0.3 is 5.97 Å². The first-order valence-electron chi connectivity index (χ1n) is 9.57. The first-order chi connectivity index (χ1) is 15.8. The van der Waals surface area contributed by atoms with Crippen molar-refractivity contribution in [2.24, 2.45) is 4.99 Å². The smallest absolute Gasteiger partial charge is 0.363 e. The van der Waals surface area contributed by atoms with Crippen LogP contribution in [-0.4, -0.2) is 19.0 Å².